The third-order valence-electron chi connectivity index (χ3n) is 8.46. The zero-order chi connectivity index (χ0) is 32.9. The SMILES string of the molecule is CC(C)c1noc(N2CCC([C@H](C)CCOc3ccc([C@H](NC(=O)OC(C)(C)C)C(=O)N4CCC[C@H]4C(N)=O)c(F)c3)CC2)n1. The molecule has 13 heteroatoms. The number of anilines is 1. The Morgan fingerprint density at radius 1 is 1.13 bits per heavy atom. The fraction of sp³-hybridized carbons (Fsp3) is 0.656. The summed E-state index contributed by atoms with van der Waals surface area (Å²) in [5.41, 5.74) is 4.61. The van der Waals surface area contributed by atoms with Gasteiger partial charge in [-0.25, -0.2) is 9.18 Å². The van der Waals surface area contributed by atoms with Crippen LogP contribution in [0, 0.1) is 17.7 Å². The Kier molecular flexibility index (Phi) is 10.9. The van der Waals surface area contributed by atoms with E-state index in [1.165, 1.54) is 17.0 Å². The van der Waals surface area contributed by atoms with Gasteiger partial charge in [-0.15, -0.1) is 0 Å². The lowest BCUT2D eigenvalue weighted by atomic mass is 9.84. The molecule has 248 valence electrons. The molecular formula is C32H47FN6O6. The summed E-state index contributed by atoms with van der Waals surface area (Å²) < 4.78 is 32.2. The first-order valence-electron chi connectivity index (χ1n) is 15.8. The number of aromatic nitrogens is 2. The van der Waals surface area contributed by atoms with Crippen LogP contribution >= 0.6 is 0 Å². The number of ether oxygens (including phenoxy) is 2. The van der Waals surface area contributed by atoms with Crippen molar-refractivity contribution < 1.29 is 32.8 Å². The maximum atomic E-state index is 15.5. The van der Waals surface area contributed by atoms with E-state index >= 15 is 4.39 Å². The van der Waals surface area contributed by atoms with Crippen LogP contribution in [0.2, 0.25) is 0 Å². The lowest BCUT2D eigenvalue weighted by Crippen LogP contribution is -2.49. The number of alkyl carbamates (subject to hydrolysis) is 1. The standard InChI is InChI=1S/C32H47FN6O6/c1-19(2)28-36-30(45-37-28)38-15-11-21(12-16-38)20(3)13-17-43-22-9-10-23(24(33)18-22)26(35-31(42)44-32(4,5)6)29(41)39-14-7-8-25(39)27(34)40/h9-10,18-21,25-26H,7-8,11-17H2,1-6H3,(H2,34,40)(H,35,42)/t20-,25+,26+/m1/s1. The van der Waals surface area contributed by atoms with Gasteiger partial charge in [0.25, 0.3) is 5.91 Å². The number of nitrogens with one attached hydrogen (secondary N) is 1. The Hall–Kier alpha value is -3.90. The molecule has 12 nitrogen and oxygen atoms in total. The molecule has 2 aliphatic rings. The second kappa shape index (κ2) is 14.5. The van der Waals surface area contributed by atoms with Gasteiger partial charge in [0.1, 0.15) is 29.3 Å². The maximum Gasteiger partial charge on any atom is 0.408 e. The molecule has 2 saturated heterocycles. The lowest BCUT2D eigenvalue weighted by molar-refractivity contribution is -0.139. The van der Waals surface area contributed by atoms with E-state index in [2.05, 4.69) is 27.3 Å². The summed E-state index contributed by atoms with van der Waals surface area (Å²) in [5, 5.41) is 6.56. The van der Waals surface area contributed by atoms with E-state index in [-0.39, 0.29) is 18.0 Å². The van der Waals surface area contributed by atoms with Crippen LogP contribution < -0.4 is 20.7 Å². The number of carbonyl (C=O) groups is 3. The van der Waals surface area contributed by atoms with Crippen LogP contribution in [-0.4, -0.2) is 70.8 Å². The molecule has 2 aromatic rings. The number of benzene rings is 1. The summed E-state index contributed by atoms with van der Waals surface area (Å²) >= 11 is 0. The number of piperidine rings is 1. The number of hydrogen-bond donors (Lipinski definition) is 2. The van der Waals surface area contributed by atoms with Gasteiger partial charge in [0.2, 0.25) is 5.91 Å². The first-order valence-corrected chi connectivity index (χ1v) is 15.8. The van der Waals surface area contributed by atoms with Crippen LogP contribution in [0.15, 0.2) is 22.7 Å². The summed E-state index contributed by atoms with van der Waals surface area (Å²) in [6.07, 6.45) is 2.88. The Morgan fingerprint density at radius 3 is 2.44 bits per heavy atom. The molecule has 3 amide bonds. The topological polar surface area (TPSA) is 153 Å². The first-order chi connectivity index (χ1) is 21.2. The minimum atomic E-state index is -1.41. The molecule has 0 aliphatic carbocycles. The first kappa shape index (κ1) is 34.0. The zero-order valence-electron chi connectivity index (χ0n) is 27.2. The van der Waals surface area contributed by atoms with E-state index in [0.717, 1.165) is 32.4 Å². The molecule has 3 N–H and O–H groups in total. The number of likely N-dealkylation sites (tertiary alicyclic amines) is 1. The van der Waals surface area contributed by atoms with Crippen LogP contribution in [-0.2, 0) is 14.3 Å². The van der Waals surface area contributed by atoms with Crippen molar-refractivity contribution in [3.05, 3.63) is 35.4 Å². The number of nitrogens with zero attached hydrogens (tertiary/aromatic N) is 4. The van der Waals surface area contributed by atoms with E-state index in [1.807, 2.05) is 13.8 Å². The van der Waals surface area contributed by atoms with Crippen LogP contribution in [0.5, 0.6) is 5.75 Å². The van der Waals surface area contributed by atoms with Gasteiger partial charge in [0.15, 0.2) is 5.82 Å². The molecular weight excluding hydrogens is 583 g/mol. The number of rotatable bonds is 11. The Labute approximate surface area is 264 Å². The fourth-order valence-electron chi connectivity index (χ4n) is 5.87. The summed E-state index contributed by atoms with van der Waals surface area (Å²) in [6, 6.07) is 2.55. The molecule has 0 radical (unpaired) electrons. The molecule has 1 aromatic carbocycles. The molecule has 0 unspecified atom stereocenters. The van der Waals surface area contributed by atoms with Gasteiger partial charge in [-0.05, 0) is 76.8 Å². The van der Waals surface area contributed by atoms with Crippen molar-refractivity contribution in [3.8, 4) is 5.75 Å². The smallest absolute Gasteiger partial charge is 0.408 e. The van der Waals surface area contributed by atoms with E-state index in [0.29, 0.717) is 48.9 Å². The zero-order valence-corrected chi connectivity index (χ0v) is 27.2. The van der Waals surface area contributed by atoms with Crippen molar-refractivity contribution in [1.29, 1.82) is 0 Å². The molecule has 4 rings (SSSR count). The van der Waals surface area contributed by atoms with Gasteiger partial charge in [-0.1, -0.05) is 25.9 Å². The van der Waals surface area contributed by atoms with Gasteiger partial charge >= 0.3 is 12.1 Å². The number of hydrogen-bond acceptors (Lipinski definition) is 9. The fourth-order valence-corrected chi connectivity index (χ4v) is 5.87. The molecule has 2 fully saturated rings. The highest BCUT2D eigenvalue weighted by atomic mass is 19.1. The van der Waals surface area contributed by atoms with Crippen molar-refractivity contribution in [1.82, 2.24) is 20.4 Å². The van der Waals surface area contributed by atoms with Gasteiger partial charge in [0.05, 0.1) is 6.61 Å². The number of carbonyl (C=O) groups excluding carboxylic acids is 3. The highest BCUT2D eigenvalue weighted by Crippen LogP contribution is 2.31. The van der Waals surface area contributed by atoms with Crippen LogP contribution in [0.25, 0.3) is 0 Å². The summed E-state index contributed by atoms with van der Waals surface area (Å²) in [6.45, 7) is 13.7. The predicted molar refractivity (Wildman–Crippen MR) is 165 cm³/mol. The van der Waals surface area contributed by atoms with Crippen molar-refractivity contribution in [2.75, 3.05) is 31.1 Å². The molecule has 2 aliphatic heterocycles. The second-order valence-electron chi connectivity index (χ2n) is 13.4. The Morgan fingerprint density at radius 2 is 1.84 bits per heavy atom. The molecule has 3 atom stereocenters. The summed E-state index contributed by atoms with van der Waals surface area (Å²) in [4.78, 5) is 46.1. The molecule has 0 bridgehead atoms. The van der Waals surface area contributed by atoms with Crippen LogP contribution in [0.3, 0.4) is 0 Å². The van der Waals surface area contributed by atoms with Crippen molar-refractivity contribution in [2.24, 2.45) is 17.6 Å². The predicted octanol–water partition coefficient (Wildman–Crippen LogP) is 4.70. The van der Waals surface area contributed by atoms with Crippen LogP contribution in [0.4, 0.5) is 15.2 Å². The van der Waals surface area contributed by atoms with Crippen molar-refractivity contribution in [2.45, 2.75) is 97.2 Å². The van der Waals surface area contributed by atoms with Gasteiger partial charge in [-0.2, -0.15) is 4.98 Å². The largest absolute Gasteiger partial charge is 0.493 e. The van der Waals surface area contributed by atoms with E-state index < -0.39 is 41.4 Å². The third-order valence-corrected chi connectivity index (χ3v) is 8.46. The lowest BCUT2D eigenvalue weighted by Gasteiger charge is -2.33. The minimum Gasteiger partial charge on any atom is -0.493 e. The molecule has 0 spiro atoms. The highest BCUT2D eigenvalue weighted by molar-refractivity contribution is 5.92. The Balaban J connectivity index is 1.35. The number of halogens is 1. The highest BCUT2D eigenvalue weighted by Gasteiger charge is 2.39. The van der Waals surface area contributed by atoms with Gasteiger partial charge in [0, 0.05) is 37.2 Å². The monoisotopic (exact) mass is 630 g/mol. The van der Waals surface area contributed by atoms with Crippen molar-refractivity contribution >= 4 is 23.9 Å². The summed E-state index contributed by atoms with van der Waals surface area (Å²) in [5.74, 6) is 0.150. The number of nitrogens with two attached hydrogens (primary N) is 1. The molecule has 1 aromatic heterocycles. The summed E-state index contributed by atoms with van der Waals surface area (Å²) in [7, 11) is 0. The van der Waals surface area contributed by atoms with Crippen molar-refractivity contribution in [3.63, 3.8) is 0 Å². The molecule has 45 heavy (non-hydrogen) atoms. The van der Waals surface area contributed by atoms with E-state index in [1.54, 1.807) is 26.8 Å². The normalized spacial score (nSPS) is 19.0. The minimum absolute atomic E-state index is 0.0600. The Bertz CT molecular complexity index is 1340. The molecule has 3 heterocycles. The molecule has 0 saturated carbocycles. The van der Waals surface area contributed by atoms with E-state index in [4.69, 9.17) is 19.7 Å². The van der Waals surface area contributed by atoms with E-state index in [9.17, 15) is 14.4 Å². The second-order valence-corrected chi connectivity index (χ2v) is 13.4. The quantitative estimate of drug-likeness (QED) is 0.360. The maximum absolute atomic E-state index is 15.5. The van der Waals surface area contributed by atoms with Crippen LogP contribution in [0.1, 0.15) is 97.0 Å². The average Bonchev–Trinajstić information content (AvgIpc) is 3.66. The average molecular weight is 631 g/mol. The van der Waals surface area contributed by atoms with Gasteiger partial charge < -0.3 is 34.8 Å². The van der Waals surface area contributed by atoms with Gasteiger partial charge in [-0.3, -0.25) is 9.59 Å². The number of primary amides is 1. The number of amides is 3. The third kappa shape index (κ3) is 8.85.